The fourth-order valence-corrected chi connectivity index (χ4v) is 10.2. The van der Waals surface area contributed by atoms with E-state index in [2.05, 4.69) is 106 Å². The van der Waals surface area contributed by atoms with Crippen LogP contribution in [0.3, 0.4) is 0 Å². The summed E-state index contributed by atoms with van der Waals surface area (Å²) in [5, 5.41) is 0. The Labute approximate surface area is 283 Å². The van der Waals surface area contributed by atoms with Gasteiger partial charge in [-0.05, 0) is 87.5 Å². The van der Waals surface area contributed by atoms with Crippen LogP contribution in [0, 0.1) is 40.4 Å². The summed E-state index contributed by atoms with van der Waals surface area (Å²) in [4.78, 5) is 27.2. The molecule has 46 heavy (non-hydrogen) atoms. The summed E-state index contributed by atoms with van der Waals surface area (Å²) in [5.41, 5.74) is 0.555. The number of hydrogen-bond acceptors (Lipinski definition) is 6. The second kappa shape index (κ2) is 15.6. The van der Waals surface area contributed by atoms with Crippen molar-refractivity contribution in [1.29, 1.82) is 0 Å². The first-order chi connectivity index (χ1) is 21.3. The van der Waals surface area contributed by atoms with Crippen LogP contribution in [0.15, 0.2) is 49.1 Å². The summed E-state index contributed by atoms with van der Waals surface area (Å²) in [7, 11) is -3.00. The summed E-state index contributed by atoms with van der Waals surface area (Å²) in [6.45, 7) is 32.0. The predicted octanol–water partition coefficient (Wildman–Crippen LogP) is 8.35. The average Bonchev–Trinajstić information content (AvgIpc) is 2.92. The molecule has 0 radical (unpaired) electrons. The second-order valence-corrected chi connectivity index (χ2v) is 21.6. The van der Waals surface area contributed by atoms with E-state index in [1.54, 1.807) is 12.2 Å². The maximum absolute atomic E-state index is 13.7. The molecular weight excluding hydrogens is 609 g/mol. The van der Waals surface area contributed by atoms with E-state index in [0.717, 1.165) is 19.3 Å². The number of rotatable bonds is 13. The molecule has 1 fully saturated rings. The van der Waals surface area contributed by atoms with E-state index in [9.17, 15) is 9.59 Å². The number of esters is 2. The van der Waals surface area contributed by atoms with Gasteiger partial charge in [0.05, 0.1) is 11.5 Å². The first kappa shape index (κ1) is 38.7. The molecule has 3 aliphatic rings. The van der Waals surface area contributed by atoms with Crippen LogP contribution in [0.5, 0.6) is 0 Å². The van der Waals surface area contributed by atoms with Gasteiger partial charge in [-0.15, -0.1) is 13.2 Å². The number of allylic oxidation sites excluding steroid dienone is 5. The van der Waals surface area contributed by atoms with Crippen molar-refractivity contribution in [2.45, 2.75) is 137 Å². The van der Waals surface area contributed by atoms with Gasteiger partial charge in [-0.1, -0.05) is 71.9 Å². The molecule has 2 aliphatic carbocycles. The molecule has 8 atom stereocenters. The number of hydrogen-bond donors (Lipinski definition) is 0. The summed E-state index contributed by atoms with van der Waals surface area (Å²) in [5.74, 6) is -0.352. The van der Waals surface area contributed by atoms with Gasteiger partial charge in [0.25, 0.3) is 0 Å². The molecule has 0 amide bonds. The number of carbonyl (C=O) groups excluding carboxylic acids is 2. The summed E-state index contributed by atoms with van der Waals surface area (Å²) < 4.78 is 26.1. The summed E-state index contributed by atoms with van der Waals surface area (Å²) >= 11 is 0. The molecule has 0 aromatic carbocycles. The highest BCUT2D eigenvalue weighted by Crippen LogP contribution is 2.51. The molecule has 0 saturated carbocycles. The molecule has 0 N–H and O–H groups in total. The average molecular weight is 673 g/mol. The Morgan fingerprint density at radius 2 is 1.61 bits per heavy atom. The highest BCUT2D eigenvalue weighted by atomic mass is 28.3. The van der Waals surface area contributed by atoms with Crippen LogP contribution in [0.25, 0.3) is 0 Å². The van der Waals surface area contributed by atoms with Gasteiger partial charge >= 0.3 is 11.9 Å². The molecule has 3 rings (SSSR count). The second-order valence-electron chi connectivity index (χ2n) is 16.9. The smallest absolute Gasteiger partial charge is 0.334 e. The Hall–Kier alpha value is -1.75. The van der Waals surface area contributed by atoms with Crippen molar-refractivity contribution < 1.29 is 27.9 Å². The maximum atomic E-state index is 13.7. The third-order valence-corrected chi connectivity index (χ3v) is 12.1. The van der Waals surface area contributed by atoms with Gasteiger partial charge < -0.3 is 18.3 Å². The molecule has 1 heterocycles. The van der Waals surface area contributed by atoms with E-state index in [1.807, 2.05) is 0 Å². The molecule has 8 heteroatoms. The Morgan fingerprint density at radius 3 is 2.13 bits per heavy atom. The molecular formula is C38H64O6Si2. The van der Waals surface area contributed by atoms with E-state index < -0.39 is 29.8 Å². The quantitative estimate of drug-likeness (QED) is 0.111. The Morgan fingerprint density at radius 1 is 0.978 bits per heavy atom. The molecule has 1 saturated heterocycles. The van der Waals surface area contributed by atoms with Crippen LogP contribution < -0.4 is 0 Å². The lowest BCUT2D eigenvalue weighted by Gasteiger charge is -2.51. The van der Waals surface area contributed by atoms with E-state index in [0.29, 0.717) is 19.3 Å². The van der Waals surface area contributed by atoms with Gasteiger partial charge in [0, 0.05) is 24.2 Å². The fourth-order valence-electron chi connectivity index (χ4n) is 7.97. The van der Waals surface area contributed by atoms with Crippen molar-refractivity contribution in [3.63, 3.8) is 0 Å². The first-order valence-corrected chi connectivity index (χ1v) is 23.2. The van der Waals surface area contributed by atoms with Crippen molar-refractivity contribution >= 4 is 30.0 Å². The summed E-state index contributed by atoms with van der Waals surface area (Å²) in [6.07, 6.45) is 13.5. The van der Waals surface area contributed by atoms with Gasteiger partial charge in [0.1, 0.15) is 18.3 Å². The number of carbonyl (C=O) groups is 2. The highest BCUT2D eigenvalue weighted by molar-refractivity contribution is 6.48. The minimum absolute atomic E-state index is 0.0147. The molecule has 260 valence electrons. The third kappa shape index (κ3) is 9.67. The van der Waals surface area contributed by atoms with Crippen LogP contribution in [0.2, 0.25) is 26.2 Å². The minimum atomic E-state index is -1.54. The van der Waals surface area contributed by atoms with Gasteiger partial charge in [-0.3, -0.25) is 4.79 Å². The largest absolute Gasteiger partial charge is 0.461 e. The van der Waals surface area contributed by atoms with Crippen LogP contribution in [0.4, 0.5) is 0 Å². The molecule has 0 aromatic heterocycles. The number of ether oxygens (including phenoxy) is 2. The van der Waals surface area contributed by atoms with E-state index >= 15 is 0 Å². The monoisotopic (exact) mass is 672 g/mol. The molecule has 0 aromatic rings. The van der Waals surface area contributed by atoms with E-state index in [4.69, 9.17) is 18.3 Å². The Balaban J connectivity index is 2.03. The lowest BCUT2D eigenvalue weighted by molar-refractivity contribution is -0.182. The lowest BCUT2D eigenvalue weighted by atomic mass is 9.61. The van der Waals surface area contributed by atoms with Gasteiger partial charge in [-0.2, -0.15) is 0 Å². The molecule has 6 nitrogen and oxygen atoms in total. The normalized spacial score (nSPS) is 30.0. The summed E-state index contributed by atoms with van der Waals surface area (Å²) in [6, 6.07) is 0. The van der Waals surface area contributed by atoms with Gasteiger partial charge in [0.15, 0.2) is 18.1 Å². The molecule has 0 bridgehead atoms. The zero-order valence-electron chi connectivity index (χ0n) is 30.8. The molecule has 0 spiro atoms. The zero-order chi connectivity index (χ0) is 34.6. The van der Waals surface area contributed by atoms with Crippen molar-refractivity contribution in [1.82, 2.24) is 0 Å². The number of fused-ring (bicyclic) bond motifs is 1. The van der Waals surface area contributed by atoms with Crippen LogP contribution >= 0.6 is 0 Å². The SMILES string of the molecule is C=CCC(CC=C)C(=O)O[C@H]1C[C@H](C(C)(C)C)C=C2C=CC[C@H]([C@](C)(C[C@H]3C[C@H](C(C)(C)C)C(O[SiH](C)C)C(=O)O3)O[SiH](C)C)[C@H]21. The maximum Gasteiger partial charge on any atom is 0.334 e. The molecule has 1 aliphatic heterocycles. The van der Waals surface area contributed by atoms with Crippen molar-refractivity contribution in [2.75, 3.05) is 0 Å². The number of cyclic esters (lactones) is 1. The Bertz CT molecular complexity index is 1130. The fraction of sp³-hybridized carbons (Fsp3) is 0.737. The van der Waals surface area contributed by atoms with Crippen LogP contribution in [0.1, 0.15) is 87.0 Å². The van der Waals surface area contributed by atoms with Crippen molar-refractivity contribution in [2.24, 2.45) is 40.4 Å². The van der Waals surface area contributed by atoms with Gasteiger partial charge in [0.2, 0.25) is 0 Å². The highest BCUT2D eigenvalue weighted by Gasteiger charge is 2.52. The zero-order valence-corrected chi connectivity index (χ0v) is 33.1. The standard InChI is InChI=1S/C38H64O6Si2/c1-14-17-25(18-15-2)34(39)42-31-22-27(36(3,4)5)21-26-19-16-20-29(32(26)31)38(9,44-46(12)13)24-28-23-30(37(6,7)8)33(35(40)41-28)43-45(10)11/h14-16,19,21,25,27-33,45-46H,1-2,17-18,20,22-24H2,3-13H3/t27-,28-,29+,30+,31+,32+,33?,38+/m1/s1. The minimum Gasteiger partial charge on any atom is -0.461 e. The van der Waals surface area contributed by atoms with Gasteiger partial charge in [-0.25, -0.2) is 4.79 Å². The van der Waals surface area contributed by atoms with E-state index in [-0.39, 0.29) is 64.6 Å². The topological polar surface area (TPSA) is 71.1 Å². The first-order valence-electron chi connectivity index (χ1n) is 17.6. The van der Waals surface area contributed by atoms with E-state index in [1.165, 1.54) is 5.57 Å². The molecule has 1 unspecified atom stereocenters. The Kier molecular flexibility index (Phi) is 13.2. The van der Waals surface area contributed by atoms with Crippen LogP contribution in [-0.2, 0) is 27.9 Å². The van der Waals surface area contributed by atoms with Crippen molar-refractivity contribution in [3.8, 4) is 0 Å². The third-order valence-electron chi connectivity index (χ3n) is 10.3. The van der Waals surface area contributed by atoms with Crippen molar-refractivity contribution in [3.05, 3.63) is 49.1 Å². The van der Waals surface area contributed by atoms with Crippen LogP contribution in [-0.4, -0.2) is 53.9 Å². The lowest BCUT2D eigenvalue weighted by Crippen LogP contribution is -2.55. The predicted molar refractivity (Wildman–Crippen MR) is 194 cm³/mol.